The molecule has 2 unspecified atom stereocenters. The van der Waals surface area contributed by atoms with Crippen LogP contribution in [0.1, 0.15) is 5.56 Å². The van der Waals surface area contributed by atoms with E-state index in [0.29, 0.717) is 11.1 Å². The van der Waals surface area contributed by atoms with E-state index in [0.717, 1.165) is 0 Å². The summed E-state index contributed by atoms with van der Waals surface area (Å²) in [5.74, 6) is -0.401. The van der Waals surface area contributed by atoms with Gasteiger partial charge < -0.3 is 5.11 Å². The van der Waals surface area contributed by atoms with Crippen molar-refractivity contribution in [2.45, 2.75) is 11.6 Å². The summed E-state index contributed by atoms with van der Waals surface area (Å²) in [6.45, 7) is 0. The van der Waals surface area contributed by atoms with Crippen molar-refractivity contribution in [3.63, 3.8) is 0 Å². The number of amides is 3. The molecule has 0 radical (unpaired) electrons. The van der Waals surface area contributed by atoms with Crippen molar-refractivity contribution in [3.05, 3.63) is 66.1 Å². The van der Waals surface area contributed by atoms with Gasteiger partial charge in [-0.1, -0.05) is 30.3 Å². The van der Waals surface area contributed by atoms with Crippen LogP contribution < -0.4 is 10.6 Å². The van der Waals surface area contributed by atoms with Crippen LogP contribution in [-0.2, 0) is 10.3 Å². The number of hydrogen-bond acceptors (Lipinski definition) is 2. The first-order valence-corrected chi connectivity index (χ1v) is 6.27. The lowest BCUT2D eigenvalue weighted by Gasteiger charge is -2.23. The topological polar surface area (TPSA) is 81.1 Å². The van der Waals surface area contributed by atoms with Gasteiger partial charge in [0.25, 0.3) is 12.0 Å². The average molecular weight is 270 g/mol. The summed E-state index contributed by atoms with van der Waals surface area (Å²) >= 11 is 0. The number of urea groups is 1. The highest BCUT2D eigenvalue weighted by atomic mass is 16.3. The predicted octanol–water partition coefficient (Wildman–Crippen LogP) is 0.515. The van der Waals surface area contributed by atoms with Crippen LogP contribution in [0.4, 0.5) is 4.79 Å². The zero-order chi connectivity index (χ0) is 14.2. The third-order valence-electron chi connectivity index (χ3n) is 3.47. The fourth-order valence-corrected chi connectivity index (χ4v) is 2.50. The smallest absolute Gasteiger partial charge is 0.324 e. The number of nitrogens with one attached hydrogen (secondary N) is 2. The minimum atomic E-state index is -1.22. The van der Waals surface area contributed by atoms with E-state index in [1.165, 1.54) is 0 Å². The van der Waals surface area contributed by atoms with Gasteiger partial charge in [-0.3, -0.25) is 15.4 Å². The van der Waals surface area contributed by atoms with Crippen LogP contribution in [0, 0.1) is 6.42 Å². The van der Waals surface area contributed by atoms with E-state index in [-0.39, 0.29) is 0 Å². The molecule has 1 aromatic rings. The normalized spacial score (nSPS) is 28.4. The molecular weight excluding hydrogens is 256 g/mol. The van der Waals surface area contributed by atoms with Gasteiger partial charge in [-0.25, -0.2) is 4.79 Å². The molecule has 1 aliphatic heterocycles. The van der Waals surface area contributed by atoms with Crippen molar-refractivity contribution in [2.75, 3.05) is 0 Å². The Morgan fingerprint density at radius 3 is 2.50 bits per heavy atom. The largest absolute Gasteiger partial charge is 0.422 e. The van der Waals surface area contributed by atoms with Gasteiger partial charge in [0, 0.05) is 17.7 Å². The van der Waals surface area contributed by atoms with E-state index in [1.807, 2.05) is 18.2 Å². The Morgan fingerprint density at radius 1 is 1.20 bits per heavy atom. The first kappa shape index (κ1) is 12.5. The molecular formula is C15H14N2O3+2. The summed E-state index contributed by atoms with van der Waals surface area (Å²) in [4.78, 5) is 24.0. The van der Waals surface area contributed by atoms with E-state index < -0.39 is 23.6 Å². The van der Waals surface area contributed by atoms with Crippen LogP contribution >= 0.6 is 0 Å². The Bertz CT molecular complexity index is 621. The molecule has 1 fully saturated rings. The second-order valence-electron chi connectivity index (χ2n) is 4.72. The molecule has 1 heterocycles. The molecule has 5 heteroatoms. The number of hydrogen-bond donors (Lipinski definition) is 2. The fourth-order valence-electron chi connectivity index (χ4n) is 2.50. The monoisotopic (exact) mass is 270 g/mol. The number of benzene rings is 1. The van der Waals surface area contributed by atoms with Crippen LogP contribution in [0.5, 0.6) is 0 Å². The van der Waals surface area contributed by atoms with Crippen LogP contribution in [0.25, 0.3) is 0 Å². The van der Waals surface area contributed by atoms with Gasteiger partial charge in [-0.05, 0) is 0 Å². The van der Waals surface area contributed by atoms with E-state index in [2.05, 4.69) is 10.6 Å². The second kappa shape index (κ2) is 4.54. The Morgan fingerprint density at radius 2 is 1.95 bits per heavy atom. The molecule has 3 rings (SSSR count). The van der Waals surface area contributed by atoms with Crippen LogP contribution in [-0.4, -0.2) is 23.1 Å². The molecule has 2 atom stereocenters. The summed E-state index contributed by atoms with van der Waals surface area (Å²) in [6, 6.07) is 8.57. The minimum Gasteiger partial charge on any atom is -0.422 e. The number of imide groups is 1. The Balaban J connectivity index is 2.13. The van der Waals surface area contributed by atoms with Gasteiger partial charge in [0.15, 0.2) is 0 Å². The molecule has 20 heavy (non-hydrogen) atoms. The lowest BCUT2D eigenvalue weighted by Crippen LogP contribution is -2.45. The average Bonchev–Trinajstić information content (AvgIpc) is 2.76. The van der Waals surface area contributed by atoms with Gasteiger partial charge >= 0.3 is 6.03 Å². The third kappa shape index (κ3) is 1.80. The number of carbonyl (C=O) groups excluding carboxylic acids is 2. The minimum absolute atomic E-state index is 0.401. The molecule has 100 valence electrons. The molecule has 0 spiro atoms. The maximum absolute atomic E-state index is 12.4. The SMILES string of the molecule is O=C1NC(=O)C(C2=C[CH+]C([OH2+])C=C2)(c2ccccc2)N1. The lowest BCUT2D eigenvalue weighted by atomic mass is 9.80. The molecule has 0 saturated carbocycles. The second-order valence-corrected chi connectivity index (χ2v) is 4.72. The summed E-state index contributed by atoms with van der Waals surface area (Å²) < 4.78 is 0. The highest BCUT2D eigenvalue weighted by Crippen LogP contribution is 2.35. The summed E-state index contributed by atoms with van der Waals surface area (Å²) in [5, 5.41) is 12.6. The Labute approximate surface area is 116 Å². The maximum atomic E-state index is 12.4. The van der Waals surface area contributed by atoms with Crippen molar-refractivity contribution in [1.29, 1.82) is 0 Å². The molecule has 1 aliphatic carbocycles. The molecule has 0 aromatic heterocycles. The van der Waals surface area contributed by atoms with E-state index in [4.69, 9.17) is 5.11 Å². The Kier molecular flexibility index (Phi) is 2.84. The highest BCUT2D eigenvalue weighted by Gasteiger charge is 2.55. The zero-order valence-electron chi connectivity index (χ0n) is 10.6. The van der Waals surface area contributed by atoms with Crippen molar-refractivity contribution in [1.82, 2.24) is 10.6 Å². The lowest BCUT2D eigenvalue weighted by molar-refractivity contribution is -0.122. The van der Waals surface area contributed by atoms with E-state index >= 15 is 0 Å². The molecule has 2 aliphatic rings. The summed E-state index contributed by atoms with van der Waals surface area (Å²) in [5.41, 5.74) is 0.123. The Hall–Kier alpha value is -2.53. The van der Waals surface area contributed by atoms with Crippen LogP contribution in [0.15, 0.2) is 54.1 Å². The van der Waals surface area contributed by atoms with Crippen LogP contribution in [0.3, 0.4) is 0 Å². The first-order valence-electron chi connectivity index (χ1n) is 6.27. The highest BCUT2D eigenvalue weighted by molar-refractivity contribution is 6.09. The van der Waals surface area contributed by atoms with Crippen molar-refractivity contribution >= 4 is 11.9 Å². The van der Waals surface area contributed by atoms with E-state index in [1.54, 1.807) is 36.8 Å². The molecule has 4 N–H and O–H groups in total. The summed E-state index contributed by atoms with van der Waals surface area (Å²) in [6.07, 6.45) is 6.37. The number of rotatable bonds is 2. The fraction of sp³-hybridized carbons (Fsp3) is 0.133. The van der Waals surface area contributed by atoms with Gasteiger partial charge in [0.05, 0.1) is 0 Å². The molecule has 5 nitrogen and oxygen atoms in total. The molecule has 0 bridgehead atoms. The van der Waals surface area contributed by atoms with Crippen molar-refractivity contribution in [3.8, 4) is 0 Å². The molecule has 1 aromatic carbocycles. The van der Waals surface area contributed by atoms with Gasteiger partial charge in [0.2, 0.25) is 5.54 Å². The van der Waals surface area contributed by atoms with Crippen molar-refractivity contribution < 1.29 is 14.7 Å². The van der Waals surface area contributed by atoms with E-state index in [9.17, 15) is 9.59 Å². The van der Waals surface area contributed by atoms with Crippen LogP contribution in [0.2, 0.25) is 0 Å². The maximum Gasteiger partial charge on any atom is 0.324 e. The summed E-state index contributed by atoms with van der Waals surface area (Å²) in [7, 11) is 0. The standard InChI is InChI=1S/C15H12N2O3/c18-12-8-6-11(7-9-12)15(10-4-2-1-3-5-10)13(19)16-14(20)17-15/h1-9,12,18H,(H-,16,17,19,20)/p+2. The van der Waals surface area contributed by atoms with Crippen molar-refractivity contribution in [2.24, 2.45) is 0 Å². The molecule has 3 amide bonds. The zero-order valence-corrected chi connectivity index (χ0v) is 10.6. The number of carbonyl (C=O) groups is 2. The van der Waals surface area contributed by atoms with Gasteiger partial charge in [0.1, 0.15) is 18.1 Å². The first-order chi connectivity index (χ1) is 9.63. The third-order valence-corrected chi connectivity index (χ3v) is 3.47. The quantitative estimate of drug-likeness (QED) is 0.466. The predicted molar refractivity (Wildman–Crippen MR) is 73.7 cm³/mol. The van der Waals surface area contributed by atoms with Gasteiger partial charge in [-0.15, -0.1) is 0 Å². The van der Waals surface area contributed by atoms with Gasteiger partial charge in [-0.2, -0.15) is 0 Å². The molecule has 1 saturated heterocycles.